The second kappa shape index (κ2) is 6.35. The summed E-state index contributed by atoms with van der Waals surface area (Å²) >= 11 is 0. The number of benzene rings is 2. The van der Waals surface area contributed by atoms with Gasteiger partial charge in [-0.3, -0.25) is 0 Å². The Balaban J connectivity index is 2.05. The van der Waals surface area contributed by atoms with Gasteiger partial charge in [0.25, 0.3) is 0 Å². The molecule has 1 nitrogen and oxygen atoms in total. The Kier molecular flexibility index (Phi) is 4.73. The fourth-order valence-corrected chi connectivity index (χ4v) is 2.36. The predicted octanol–water partition coefficient (Wildman–Crippen LogP) is 4.59. The highest BCUT2D eigenvalue weighted by molar-refractivity contribution is 5.25. The molecule has 0 saturated carbocycles. The van der Waals surface area contributed by atoms with E-state index in [0.717, 1.165) is 6.07 Å². The molecule has 0 saturated heterocycles. The first kappa shape index (κ1) is 15.6. The average molecular weight is 289 g/mol. The van der Waals surface area contributed by atoms with Gasteiger partial charge in [-0.25, -0.2) is 8.78 Å². The topological polar surface area (TPSA) is 12.0 Å². The van der Waals surface area contributed by atoms with E-state index >= 15 is 0 Å². The molecule has 2 rings (SSSR count). The first-order valence-electron chi connectivity index (χ1n) is 7.14. The molecule has 0 aliphatic carbocycles. The van der Waals surface area contributed by atoms with Crippen molar-refractivity contribution >= 4 is 0 Å². The van der Waals surface area contributed by atoms with E-state index in [2.05, 4.69) is 31.3 Å². The number of halogens is 2. The van der Waals surface area contributed by atoms with Crippen molar-refractivity contribution in [3.63, 3.8) is 0 Å². The van der Waals surface area contributed by atoms with Gasteiger partial charge in [0.05, 0.1) is 0 Å². The average Bonchev–Trinajstić information content (AvgIpc) is 2.46. The molecule has 1 atom stereocenters. The predicted molar refractivity (Wildman–Crippen MR) is 82.2 cm³/mol. The van der Waals surface area contributed by atoms with E-state index in [0.29, 0.717) is 12.1 Å². The van der Waals surface area contributed by atoms with E-state index in [4.69, 9.17) is 0 Å². The van der Waals surface area contributed by atoms with Crippen LogP contribution in [0.4, 0.5) is 8.78 Å². The summed E-state index contributed by atoms with van der Waals surface area (Å²) in [5, 5.41) is 3.34. The van der Waals surface area contributed by atoms with E-state index < -0.39 is 11.6 Å². The maximum Gasteiger partial charge on any atom is 0.130 e. The maximum atomic E-state index is 13.8. The van der Waals surface area contributed by atoms with Crippen LogP contribution in [0, 0.1) is 11.6 Å². The molecule has 21 heavy (non-hydrogen) atoms. The highest BCUT2D eigenvalue weighted by atomic mass is 19.1. The summed E-state index contributed by atoms with van der Waals surface area (Å²) in [6.45, 7) is 6.87. The molecular formula is C18H21F2N. The van der Waals surface area contributed by atoms with Crippen molar-refractivity contribution in [3.05, 3.63) is 71.3 Å². The smallest absolute Gasteiger partial charge is 0.130 e. The van der Waals surface area contributed by atoms with Crippen LogP contribution in [0.1, 0.15) is 37.9 Å². The lowest BCUT2D eigenvalue weighted by molar-refractivity contribution is 0.426. The first-order chi connectivity index (χ1) is 9.90. The zero-order valence-electron chi connectivity index (χ0n) is 12.7. The molecule has 0 aromatic heterocycles. The largest absolute Gasteiger partial charge is 0.309 e. The summed E-state index contributed by atoms with van der Waals surface area (Å²) in [6, 6.07) is 13.7. The highest BCUT2D eigenvalue weighted by Gasteiger charge is 2.21. The monoisotopic (exact) mass is 289 g/mol. The number of rotatable bonds is 5. The van der Waals surface area contributed by atoms with Gasteiger partial charge >= 0.3 is 0 Å². The van der Waals surface area contributed by atoms with E-state index in [1.54, 1.807) is 0 Å². The Hall–Kier alpha value is -1.74. The van der Waals surface area contributed by atoms with E-state index in [1.165, 1.54) is 17.7 Å². The van der Waals surface area contributed by atoms with E-state index in [9.17, 15) is 8.78 Å². The van der Waals surface area contributed by atoms with Crippen molar-refractivity contribution in [1.82, 2.24) is 5.32 Å². The summed E-state index contributed by atoms with van der Waals surface area (Å²) in [6.07, 6.45) is 0. The lowest BCUT2D eigenvalue weighted by Crippen LogP contribution is -2.34. The van der Waals surface area contributed by atoms with Gasteiger partial charge in [-0.15, -0.1) is 0 Å². The van der Waals surface area contributed by atoms with Crippen molar-refractivity contribution in [3.8, 4) is 0 Å². The fraction of sp³-hybridized carbons (Fsp3) is 0.333. The molecule has 1 N–H and O–H groups in total. The van der Waals surface area contributed by atoms with Crippen LogP contribution in [-0.4, -0.2) is 6.54 Å². The van der Waals surface area contributed by atoms with Crippen molar-refractivity contribution < 1.29 is 8.78 Å². The third-order valence-corrected chi connectivity index (χ3v) is 3.83. The van der Waals surface area contributed by atoms with Crippen LogP contribution in [-0.2, 0) is 5.41 Å². The van der Waals surface area contributed by atoms with E-state index in [1.807, 2.05) is 25.1 Å². The minimum absolute atomic E-state index is 0.0635. The summed E-state index contributed by atoms with van der Waals surface area (Å²) in [4.78, 5) is 0. The van der Waals surface area contributed by atoms with E-state index in [-0.39, 0.29) is 11.5 Å². The van der Waals surface area contributed by atoms with Gasteiger partial charge in [0.2, 0.25) is 0 Å². The lowest BCUT2D eigenvalue weighted by Gasteiger charge is -2.28. The van der Waals surface area contributed by atoms with Crippen LogP contribution < -0.4 is 5.32 Å². The van der Waals surface area contributed by atoms with Crippen LogP contribution in [0.5, 0.6) is 0 Å². The van der Waals surface area contributed by atoms with Gasteiger partial charge in [0.1, 0.15) is 11.6 Å². The number of nitrogens with one attached hydrogen (secondary N) is 1. The fourth-order valence-electron chi connectivity index (χ4n) is 2.36. The highest BCUT2D eigenvalue weighted by Crippen LogP contribution is 2.24. The number of hydrogen-bond acceptors (Lipinski definition) is 1. The van der Waals surface area contributed by atoms with Crippen LogP contribution in [0.3, 0.4) is 0 Å². The third kappa shape index (κ3) is 3.88. The summed E-state index contributed by atoms with van der Waals surface area (Å²) in [5.74, 6) is -1.06. The standard InChI is InChI=1S/C18H21F2N/c1-13(16-10-9-15(19)11-17(16)20)21-12-18(2,3)14-7-5-4-6-8-14/h4-11,13,21H,12H2,1-3H3. The minimum Gasteiger partial charge on any atom is -0.309 e. The Morgan fingerprint density at radius 3 is 2.33 bits per heavy atom. The summed E-state index contributed by atoms with van der Waals surface area (Å²) < 4.78 is 26.7. The molecule has 0 bridgehead atoms. The minimum atomic E-state index is -0.548. The van der Waals surface area contributed by atoms with Crippen LogP contribution >= 0.6 is 0 Å². The zero-order chi connectivity index (χ0) is 15.5. The molecule has 0 heterocycles. The third-order valence-electron chi connectivity index (χ3n) is 3.83. The molecule has 2 aromatic carbocycles. The molecule has 0 amide bonds. The van der Waals surface area contributed by atoms with Crippen LogP contribution in [0.25, 0.3) is 0 Å². The van der Waals surface area contributed by atoms with Crippen molar-refractivity contribution in [1.29, 1.82) is 0 Å². The van der Waals surface area contributed by atoms with Gasteiger partial charge in [0.15, 0.2) is 0 Å². The lowest BCUT2D eigenvalue weighted by atomic mass is 9.84. The van der Waals surface area contributed by atoms with Gasteiger partial charge in [-0.05, 0) is 18.6 Å². The second-order valence-electron chi connectivity index (χ2n) is 6.02. The Labute approximate surface area is 125 Å². The molecule has 0 spiro atoms. The molecule has 3 heteroatoms. The normalized spacial score (nSPS) is 13.2. The van der Waals surface area contributed by atoms with Gasteiger partial charge < -0.3 is 5.32 Å². The molecule has 112 valence electrons. The molecule has 1 unspecified atom stereocenters. The van der Waals surface area contributed by atoms with Crippen molar-refractivity contribution in [2.24, 2.45) is 0 Å². The number of hydrogen-bond donors (Lipinski definition) is 1. The Morgan fingerprint density at radius 1 is 1.05 bits per heavy atom. The molecule has 0 radical (unpaired) electrons. The SMILES string of the molecule is CC(NCC(C)(C)c1ccccc1)c1ccc(F)cc1F. The van der Waals surface area contributed by atoms with Crippen LogP contribution in [0.2, 0.25) is 0 Å². The Bertz CT molecular complexity index is 593. The van der Waals surface area contributed by atoms with Gasteiger partial charge in [0, 0.05) is 29.6 Å². The molecule has 0 fully saturated rings. The zero-order valence-corrected chi connectivity index (χ0v) is 12.7. The molecule has 0 aliphatic rings. The van der Waals surface area contributed by atoms with Crippen molar-refractivity contribution in [2.75, 3.05) is 6.54 Å². The summed E-state index contributed by atoms with van der Waals surface area (Å²) in [7, 11) is 0. The Morgan fingerprint density at radius 2 is 1.71 bits per heavy atom. The summed E-state index contributed by atoms with van der Waals surface area (Å²) in [5.41, 5.74) is 1.65. The van der Waals surface area contributed by atoms with Crippen LogP contribution in [0.15, 0.2) is 48.5 Å². The van der Waals surface area contributed by atoms with Crippen molar-refractivity contribution in [2.45, 2.75) is 32.2 Å². The van der Waals surface area contributed by atoms with Gasteiger partial charge in [-0.2, -0.15) is 0 Å². The maximum absolute atomic E-state index is 13.8. The second-order valence-corrected chi connectivity index (χ2v) is 6.02. The molecule has 2 aromatic rings. The van der Waals surface area contributed by atoms with Gasteiger partial charge in [-0.1, -0.05) is 50.2 Å². The molecule has 0 aliphatic heterocycles. The first-order valence-corrected chi connectivity index (χ1v) is 7.14. The quantitative estimate of drug-likeness (QED) is 0.848. The molecular weight excluding hydrogens is 268 g/mol.